The zero-order valence-electron chi connectivity index (χ0n) is 15.5. The molecule has 138 valence electrons. The molecule has 0 unspecified atom stereocenters. The Kier molecular flexibility index (Phi) is 7.21. The van der Waals surface area contributed by atoms with Crippen LogP contribution in [-0.4, -0.2) is 18.4 Å². The maximum Gasteiger partial charge on any atom is 0.226 e. The van der Waals surface area contributed by atoms with Crippen molar-refractivity contribution in [1.29, 1.82) is 0 Å². The van der Waals surface area contributed by atoms with Crippen molar-refractivity contribution in [1.82, 2.24) is 0 Å². The molecule has 0 bridgehead atoms. The fourth-order valence-corrected chi connectivity index (χ4v) is 2.27. The summed E-state index contributed by atoms with van der Waals surface area (Å²) in [6, 6.07) is 15.0. The van der Waals surface area contributed by atoms with Crippen molar-refractivity contribution in [3.8, 4) is 5.75 Å². The molecule has 0 heterocycles. The summed E-state index contributed by atoms with van der Waals surface area (Å²) in [5.74, 6) is 0.581. The second-order valence-corrected chi connectivity index (χ2v) is 6.49. The molecule has 0 saturated carbocycles. The van der Waals surface area contributed by atoms with Crippen LogP contribution in [-0.2, 0) is 9.59 Å². The molecule has 2 aromatic carbocycles. The van der Waals surface area contributed by atoms with Gasteiger partial charge in [-0.25, -0.2) is 0 Å². The Hall–Kier alpha value is -2.82. The number of amides is 2. The summed E-state index contributed by atoms with van der Waals surface area (Å²) in [4.78, 5) is 24.0. The molecule has 2 amide bonds. The van der Waals surface area contributed by atoms with Crippen molar-refractivity contribution in [3.63, 3.8) is 0 Å². The van der Waals surface area contributed by atoms with E-state index in [1.54, 1.807) is 6.07 Å². The molecule has 0 atom stereocenters. The van der Waals surface area contributed by atoms with Gasteiger partial charge in [0.2, 0.25) is 11.8 Å². The summed E-state index contributed by atoms with van der Waals surface area (Å²) in [6.07, 6.45) is 0.998. The average Bonchev–Trinajstić information content (AvgIpc) is 2.62. The summed E-state index contributed by atoms with van der Waals surface area (Å²) in [6.45, 7) is 6.08. The summed E-state index contributed by atoms with van der Waals surface area (Å²) in [7, 11) is 0. The minimum atomic E-state index is -0.0982. The fourth-order valence-electron chi connectivity index (χ4n) is 2.27. The van der Waals surface area contributed by atoms with Crippen LogP contribution in [0.2, 0.25) is 0 Å². The molecule has 0 aromatic heterocycles. The van der Waals surface area contributed by atoms with E-state index in [1.807, 2.05) is 63.2 Å². The van der Waals surface area contributed by atoms with Crippen molar-refractivity contribution in [2.45, 2.75) is 33.6 Å². The van der Waals surface area contributed by atoms with E-state index in [2.05, 4.69) is 10.6 Å². The van der Waals surface area contributed by atoms with Gasteiger partial charge in [0, 0.05) is 23.7 Å². The smallest absolute Gasteiger partial charge is 0.226 e. The average molecular weight is 354 g/mol. The molecule has 26 heavy (non-hydrogen) atoms. The number of aryl methyl sites for hydroxylation is 1. The molecule has 0 aliphatic rings. The number of nitrogens with one attached hydrogen (secondary N) is 2. The molecule has 0 aliphatic heterocycles. The van der Waals surface area contributed by atoms with Crippen LogP contribution in [0.4, 0.5) is 11.4 Å². The van der Waals surface area contributed by atoms with E-state index in [0.717, 1.165) is 11.3 Å². The number of hydrogen-bond acceptors (Lipinski definition) is 3. The van der Waals surface area contributed by atoms with Gasteiger partial charge in [0.1, 0.15) is 5.75 Å². The third kappa shape index (κ3) is 6.24. The predicted molar refractivity (Wildman–Crippen MR) is 104 cm³/mol. The van der Waals surface area contributed by atoms with Crippen LogP contribution < -0.4 is 15.4 Å². The van der Waals surface area contributed by atoms with Gasteiger partial charge < -0.3 is 15.4 Å². The molecule has 5 heteroatoms. The first-order valence-electron chi connectivity index (χ1n) is 8.85. The number of anilines is 2. The maximum absolute atomic E-state index is 12.2. The van der Waals surface area contributed by atoms with Crippen LogP contribution >= 0.6 is 0 Å². The van der Waals surface area contributed by atoms with Crippen molar-refractivity contribution in [2.24, 2.45) is 5.92 Å². The second-order valence-electron chi connectivity index (χ2n) is 6.49. The van der Waals surface area contributed by atoms with Crippen LogP contribution in [0, 0.1) is 12.8 Å². The number of benzene rings is 2. The number of rotatable bonds is 8. The number of carbonyl (C=O) groups is 2. The Balaban J connectivity index is 1.83. The van der Waals surface area contributed by atoms with Gasteiger partial charge in [-0.2, -0.15) is 0 Å². The minimum Gasteiger partial charge on any atom is -0.494 e. The first-order valence-corrected chi connectivity index (χ1v) is 8.85. The van der Waals surface area contributed by atoms with Gasteiger partial charge in [-0.05, 0) is 43.2 Å². The van der Waals surface area contributed by atoms with Gasteiger partial charge in [0.05, 0.1) is 6.61 Å². The summed E-state index contributed by atoms with van der Waals surface area (Å²) in [5, 5.41) is 5.75. The van der Waals surface area contributed by atoms with Crippen molar-refractivity contribution < 1.29 is 14.3 Å². The third-order valence-electron chi connectivity index (χ3n) is 3.86. The fraction of sp³-hybridized carbons (Fsp3) is 0.333. The molecule has 0 radical (unpaired) electrons. The van der Waals surface area contributed by atoms with E-state index in [1.165, 1.54) is 0 Å². The predicted octanol–water partition coefficient (Wildman–Crippen LogP) is 4.39. The van der Waals surface area contributed by atoms with Gasteiger partial charge in [-0.1, -0.05) is 38.1 Å². The lowest BCUT2D eigenvalue weighted by molar-refractivity contribution is -0.119. The molecule has 2 aromatic rings. The van der Waals surface area contributed by atoms with E-state index in [9.17, 15) is 9.59 Å². The van der Waals surface area contributed by atoms with Crippen LogP contribution in [0.1, 0.15) is 32.3 Å². The lowest BCUT2D eigenvalue weighted by atomic mass is 10.1. The molecule has 0 saturated heterocycles. The summed E-state index contributed by atoms with van der Waals surface area (Å²) in [5.41, 5.74) is 2.33. The summed E-state index contributed by atoms with van der Waals surface area (Å²) < 4.78 is 5.59. The number of carbonyl (C=O) groups excluding carboxylic acids is 2. The quantitative estimate of drug-likeness (QED) is 0.691. The SMILES string of the molecule is Cc1ccc(NC(=O)C(C)C)cc1NC(=O)CCCOc1ccccc1. The lowest BCUT2D eigenvalue weighted by Gasteiger charge is -2.13. The normalized spacial score (nSPS) is 10.5. The molecular formula is C21H26N2O3. The molecular weight excluding hydrogens is 328 g/mol. The van der Waals surface area contributed by atoms with Gasteiger partial charge in [-0.15, -0.1) is 0 Å². The molecule has 2 rings (SSSR count). The highest BCUT2D eigenvalue weighted by atomic mass is 16.5. The zero-order valence-corrected chi connectivity index (χ0v) is 15.5. The Morgan fingerprint density at radius 3 is 2.46 bits per heavy atom. The monoisotopic (exact) mass is 354 g/mol. The second kappa shape index (κ2) is 9.61. The van der Waals surface area contributed by atoms with E-state index >= 15 is 0 Å². The van der Waals surface area contributed by atoms with Gasteiger partial charge in [-0.3, -0.25) is 9.59 Å². The standard InChI is InChI=1S/C21H26N2O3/c1-15(2)21(25)22-17-12-11-16(3)19(14-17)23-20(24)10-7-13-26-18-8-5-4-6-9-18/h4-6,8-9,11-12,14-15H,7,10,13H2,1-3H3,(H,22,25)(H,23,24). The van der Waals surface area contributed by atoms with Gasteiger partial charge in [0.15, 0.2) is 0 Å². The Morgan fingerprint density at radius 2 is 1.77 bits per heavy atom. The van der Waals surface area contributed by atoms with Gasteiger partial charge in [0.25, 0.3) is 0 Å². The van der Waals surface area contributed by atoms with Crippen molar-refractivity contribution >= 4 is 23.2 Å². The number of hydrogen-bond donors (Lipinski definition) is 2. The van der Waals surface area contributed by atoms with E-state index in [0.29, 0.717) is 30.8 Å². The van der Waals surface area contributed by atoms with Crippen LogP contribution in [0.3, 0.4) is 0 Å². The van der Waals surface area contributed by atoms with Gasteiger partial charge >= 0.3 is 0 Å². The first-order chi connectivity index (χ1) is 12.5. The Morgan fingerprint density at radius 1 is 1.04 bits per heavy atom. The molecule has 5 nitrogen and oxygen atoms in total. The van der Waals surface area contributed by atoms with Crippen LogP contribution in [0.25, 0.3) is 0 Å². The highest BCUT2D eigenvalue weighted by molar-refractivity contribution is 5.95. The minimum absolute atomic E-state index is 0.0517. The van der Waals surface area contributed by atoms with Crippen LogP contribution in [0.15, 0.2) is 48.5 Å². The number of ether oxygens (including phenoxy) is 1. The topological polar surface area (TPSA) is 67.4 Å². The highest BCUT2D eigenvalue weighted by Gasteiger charge is 2.10. The first kappa shape index (κ1) is 19.5. The Bertz CT molecular complexity index is 742. The lowest BCUT2D eigenvalue weighted by Crippen LogP contribution is -2.18. The van der Waals surface area contributed by atoms with Crippen molar-refractivity contribution in [2.75, 3.05) is 17.2 Å². The largest absolute Gasteiger partial charge is 0.494 e. The maximum atomic E-state index is 12.2. The van der Waals surface area contributed by atoms with E-state index < -0.39 is 0 Å². The summed E-state index contributed by atoms with van der Waals surface area (Å²) >= 11 is 0. The Labute approximate surface area is 154 Å². The number of para-hydroxylation sites is 1. The van der Waals surface area contributed by atoms with E-state index in [-0.39, 0.29) is 17.7 Å². The zero-order chi connectivity index (χ0) is 18.9. The molecule has 0 fully saturated rings. The molecule has 0 spiro atoms. The van der Waals surface area contributed by atoms with Crippen LogP contribution in [0.5, 0.6) is 5.75 Å². The molecule has 0 aliphatic carbocycles. The highest BCUT2D eigenvalue weighted by Crippen LogP contribution is 2.21. The molecule has 2 N–H and O–H groups in total. The van der Waals surface area contributed by atoms with Crippen molar-refractivity contribution in [3.05, 3.63) is 54.1 Å². The third-order valence-corrected chi connectivity index (χ3v) is 3.86. The van der Waals surface area contributed by atoms with E-state index in [4.69, 9.17) is 4.74 Å².